The molecule has 0 radical (unpaired) electrons. The van der Waals surface area contributed by atoms with Crippen molar-refractivity contribution in [3.63, 3.8) is 0 Å². The third kappa shape index (κ3) is 5.01. The van der Waals surface area contributed by atoms with Crippen LogP contribution >= 0.6 is 0 Å². The second-order valence-corrected chi connectivity index (χ2v) is 8.11. The molecule has 34 heavy (non-hydrogen) atoms. The zero-order chi connectivity index (χ0) is 23.9. The standard InChI is InChI=1S/C28H29N3O3/c1-3-18-34-24-15-13-22(14-16-24)25-26(30(4-2)19-21-10-6-5-7-11-21)28(33)31(27(25)32)20-23-12-8-9-17-29-23/h5-17H,3-4,18-20H2,1-2H3. The molecule has 0 N–H and O–H groups in total. The van der Waals surface area contributed by atoms with E-state index in [1.165, 1.54) is 4.90 Å². The summed E-state index contributed by atoms with van der Waals surface area (Å²) in [6.07, 6.45) is 2.58. The number of aromatic nitrogens is 1. The second-order valence-electron chi connectivity index (χ2n) is 8.11. The summed E-state index contributed by atoms with van der Waals surface area (Å²) in [5.41, 5.74) is 3.28. The Hall–Kier alpha value is -3.93. The number of nitrogens with zero attached hydrogens (tertiary/aromatic N) is 3. The van der Waals surface area contributed by atoms with E-state index < -0.39 is 0 Å². The van der Waals surface area contributed by atoms with Crippen molar-refractivity contribution >= 4 is 17.4 Å². The molecule has 0 fully saturated rings. The van der Waals surface area contributed by atoms with E-state index >= 15 is 0 Å². The van der Waals surface area contributed by atoms with Crippen molar-refractivity contribution in [1.29, 1.82) is 0 Å². The summed E-state index contributed by atoms with van der Waals surface area (Å²) >= 11 is 0. The number of benzene rings is 2. The summed E-state index contributed by atoms with van der Waals surface area (Å²) in [5, 5.41) is 0. The number of carbonyl (C=O) groups excluding carboxylic acids is 2. The number of hydrogen-bond acceptors (Lipinski definition) is 5. The first kappa shape index (κ1) is 23.2. The Kier molecular flexibility index (Phi) is 7.38. The van der Waals surface area contributed by atoms with Gasteiger partial charge in [-0.1, -0.05) is 55.5 Å². The maximum Gasteiger partial charge on any atom is 0.278 e. The van der Waals surface area contributed by atoms with Gasteiger partial charge in [-0.3, -0.25) is 19.5 Å². The Morgan fingerprint density at radius 2 is 1.62 bits per heavy atom. The summed E-state index contributed by atoms with van der Waals surface area (Å²) in [5.74, 6) is 0.139. The molecule has 6 heteroatoms. The number of amides is 2. The Morgan fingerprint density at radius 3 is 2.26 bits per heavy atom. The Labute approximate surface area is 200 Å². The summed E-state index contributed by atoms with van der Waals surface area (Å²) in [4.78, 5) is 34.9. The van der Waals surface area contributed by atoms with Crippen LogP contribution < -0.4 is 4.74 Å². The Bertz CT molecular complexity index is 1160. The number of pyridine rings is 1. The molecular formula is C28H29N3O3. The van der Waals surface area contributed by atoms with Gasteiger partial charge in [-0.05, 0) is 48.7 Å². The maximum absolute atomic E-state index is 13.7. The molecule has 4 rings (SSSR count). The molecule has 1 aromatic heterocycles. The highest BCUT2D eigenvalue weighted by molar-refractivity contribution is 6.35. The minimum Gasteiger partial charge on any atom is -0.494 e. The lowest BCUT2D eigenvalue weighted by Gasteiger charge is -2.25. The van der Waals surface area contributed by atoms with Crippen LogP contribution in [0.3, 0.4) is 0 Å². The highest BCUT2D eigenvalue weighted by Gasteiger charge is 2.41. The predicted molar refractivity (Wildman–Crippen MR) is 131 cm³/mol. The normalized spacial score (nSPS) is 13.5. The first-order valence-electron chi connectivity index (χ1n) is 11.6. The van der Waals surface area contributed by atoms with Gasteiger partial charge in [0.15, 0.2) is 0 Å². The lowest BCUT2D eigenvalue weighted by molar-refractivity contribution is -0.138. The minimum atomic E-state index is -0.306. The van der Waals surface area contributed by atoms with E-state index in [1.807, 2.05) is 84.6 Å². The van der Waals surface area contributed by atoms with Gasteiger partial charge in [0.25, 0.3) is 11.8 Å². The summed E-state index contributed by atoms with van der Waals surface area (Å²) in [6, 6.07) is 22.8. The Balaban J connectivity index is 1.72. The molecule has 1 aliphatic rings. The summed E-state index contributed by atoms with van der Waals surface area (Å²) in [7, 11) is 0. The van der Waals surface area contributed by atoms with Crippen LogP contribution in [-0.4, -0.2) is 39.7 Å². The molecule has 2 heterocycles. The molecule has 2 aromatic carbocycles. The molecule has 1 aliphatic heterocycles. The van der Waals surface area contributed by atoms with Crippen LogP contribution in [0.25, 0.3) is 5.57 Å². The molecule has 174 valence electrons. The molecule has 6 nitrogen and oxygen atoms in total. The predicted octanol–water partition coefficient (Wildman–Crippen LogP) is 4.67. The number of imide groups is 1. The number of ether oxygens (including phenoxy) is 1. The van der Waals surface area contributed by atoms with Gasteiger partial charge < -0.3 is 9.64 Å². The fourth-order valence-electron chi connectivity index (χ4n) is 4.00. The van der Waals surface area contributed by atoms with E-state index in [0.29, 0.717) is 42.2 Å². The van der Waals surface area contributed by atoms with Crippen molar-refractivity contribution in [2.45, 2.75) is 33.4 Å². The van der Waals surface area contributed by atoms with Crippen LogP contribution in [0, 0.1) is 0 Å². The first-order valence-corrected chi connectivity index (χ1v) is 11.6. The number of hydrogen-bond donors (Lipinski definition) is 0. The zero-order valence-electron chi connectivity index (χ0n) is 19.6. The van der Waals surface area contributed by atoms with Gasteiger partial charge in [0.05, 0.1) is 24.4 Å². The monoisotopic (exact) mass is 455 g/mol. The van der Waals surface area contributed by atoms with Crippen LogP contribution in [0.2, 0.25) is 0 Å². The number of carbonyl (C=O) groups is 2. The van der Waals surface area contributed by atoms with E-state index in [9.17, 15) is 9.59 Å². The Morgan fingerprint density at radius 1 is 0.882 bits per heavy atom. The molecule has 2 amide bonds. The molecule has 0 saturated carbocycles. The van der Waals surface area contributed by atoms with Gasteiger partial charge in [-0.25, -0.2) is 0 Å². The summed E-state index contributed by atoms with van der Waals surface area (Å²) in [6.45, 7) is 5.92. The maximum atomic E-state index is 13.7. The minimum absolute atomic E-state index is 0.131. The fraction of sp³-hybridized carbons (Fsp3) is 0.250. The van der Waals surface area contributed by atoms with Crippen LogP contribution in [-0.2, 0) is 22.7 Å². The fourth-order valence-corrected chi connectivity index (χ4v) is 4.00. The van der Waals surface area contributed by atoms with Crippen molar-refractivity contribution in [1.82, 2.24) is 14.8 Å². The third-order valence-electron chi connectivity index (χ3n) is 5.72. The lowest BCUT2D eigenvalue weighted by atomic mass is 10.0. The van der Waals surface area contributed by atoms with Crippen LogP contribution in [0.4, 0.5) is 0 Å². The van der Waals surface area contributed by atoms with Gasteiger partial charge in [-0.2, -0.15) is 0 Å². The van der Waals surface area contributed by atoms with Crippen molar-refractivity contribution < 1.29 is 14.3 Å². The number of likely N-dealkylation sites (N-methyl/N-ethyl adjacent to an activating group) is 1. The average Bonchev–Trinajstić information content (AvgIpc) is 3.12. The molecular weight excluding hydrogens is 426 g/mol. The smallest absolute Gasteiger partial charge is 0.278 e. The van der Waals surface area contributed by atoms with Gasteiger partial charge in [0, 0.05) is 19.3 Å². The van der Waals surface area contributed by atoms with Gasteiger partial charge >= 0.3 is 0 Å². The average molecular weight is 456 g/mol. The van der Waals surface area contributed by atoms with E-state index in [4.69, 9.17) is 4.74 Å². The zero-order valence-corrected chi connectivity index (χ0v) is 19.6. The highest BCUT2D eigenvalue weighted by Crippen LogP contribution is 2.34. The van der Waals surface area contributed by atoms with Crippen LogP contribution in [0.1, 0.15) is 37.1 Å². The quantitative estimate of drug-likeness (QED) is 0.416. The highest BCUT2D eigenvalue weighted by atomic mass is 16.5. The molecule has 0 spiro atoms. The van der Waals surface area contributed by atoms with Crippen molar-refractivity contribution in [3.8, 4) is 5.75 Å². The van der Waals surface area contributed by atoms with Gasteiger partial charge in [-0.15, -0.1) is 0 Å². The SMILES string of the molecule is CCCOc1ccc(C2=C(N(CC)Cc3ccccc3)C(=O)N(Cc3ccccn3)C2=O)cc1. The first-order chi connectivity index (χ1) is 16.6. The van der Waals surface area contributed by atoms with Gasteiger partial charge in [0.2, 0.25) is 0 Å². The molecule has 0 bridgehead atoms. The lowest BCUT2D eigenvalue weighted by Crippen LogP contribution is -2.35. The van der Waals surface area contributed by atoms with E-state index in [0.717, 1.165) is 17.7 Å². The van der Waals surface area contributed by atoms with Crippen LogP contribution in [0.5, 0.6) is 5.75 Å². The van der Waals surface area contributed by atoms with E-state index in [1.54, 1.807) is 6.20 Å². The topological polar surface area (TPSA) is 62.7 Å². The van der Waals surface area contributed by atoms with E-state index in [-0.39, 0.29) is 18.4 Å². The third-order valence-corrected chi connectivity index (χ3v) is 5.72. The molecule has 0 aliphatic carbocycles. The number of rotatable bonds is 10. The second kappa shape index (κ2) is 10.8. The van der Waals surface area contributed by atoms with Crippen molar-refractivity contribution in [2.24, 2.45) is 0 Å². The van der Waals surface area contributed by atoms with E-state index in [2.05, 4.69) is 11.9 Å². The van der Waals surface area contributed by atoms with Crippen molar-refractivity contribution in [2.75, 3.05) is 13.2 Å². The van der Waals surface area contributed by atoms with Gasteiger partial charge in [0.1, 0.15) is 11.4 Å². The largest absolute Gasteiger partial charge is 0.494 e. The molecule has 0 saturated heterocycles. The molecule has 3 aromatic rings. The molecule has 0 unspecified atom stereocenters. The molecule has 0 atom stereocenters. The summed E-state index contributed by atoms with van der Waals surface area (Å²) < 4.78 is 5.70. The van der Waals surface area contributed by atoms with Crippen molar-refractivity contribution in [3.05, 3.63) is 102 Å². The van der Waals surface area contributed by atoms with Crippen LogP contribution in [0.15, 0.2) is 84.7 Å².